The summed E-state index contributed by atoms with van der Waals surface area (Å²) >= 11 is 6.31. The van der Waals surface area contributed by atoms with E-state index in [4.69, 9.17) is 16.3 Å². The van der Waals surface area contributed by atoms with Crippen molar-refractivity contribution < 1.29 is 4.74 Å². The third-order valence-electron chi connectivity index (χ3n) is 4.98. The van der Waals surface area contributed by atoms with Crippen molar-refractivity contribution in [3.8, 4) is 17.0 Å². The topological polar surface area (TPSA) is 48.5 Å². The summed E-state index contributed by atoms with van der Waals surface area (Å²) in [6, 6.07) is 13.6. The Morgan fingerprint density at radius 1 is 1.07 bits per heavy atom. The molecule has 0 aliphatic rings. The van der Waals surface area contributed by atoms with E-state index < -0.39 is 0 Å². The van der Waals surface area contributed by atoms with Gasteiger partial charge in [-0.25, -0.2) is 4.52 Å². The molecule has 0 radical (unpaired) electrons. The van der Waals surface area contributed by atoms with Crippen molar-refractivity contribution in [2.75, 3.05) is 6.61 Å². The molecular weight excluding hydrogens is 386 g/mol. The van der Waals surface area contributed by atoms with Gasteiger partial charge in [0.25, 0.3) is 5.56 Å². The quantitative estimate of drug-likeness (QED) is 0.473. The van der Waals surface area contributed by atoms with Crippen molar-refractivity contribution in [1.82, 2.24) is 14.2 Å². The summed E-state index contributed by atoms with van der Waals surface area (Å²) in [7, 11) is 0. The van der Waals surface area contributed by atoms with Gasteiger partial charge >= 0.3 is 0 Å². The number of aromatic nitrogens is 3. The van der Waals surface area contributed by atoms with Gasteiger partial charge in [-0.15, -0.1) is 0 Å². The van der Waals surface area contributed by atoms with Crippen LogP contribution in [0.4, 0.5) is 0 Å². The van der Waals surface area contributed by atoms with E-state index in [0.29, 0.717) is 35.1 Å². The number of halogens is 1. The Morgan fingerprint density at radius 3 is 2.66 bits per heavy atom. The molecule has 148 valence electrons. The van der Waals surface area contributed by atoms with Gasteiger partial charge in [0.05, 0.1) is 23.9 Å². The molecule has 0 spiro atoms. The van der Waals surface area contributed by atoms with Gasteiger partial charge in [-0.05, 0) is 56.2 Å². The molecule has 4 aromatic rings. The molecule has 0 saturated heterocycles. The van der Waals surface area contributed by atoms with Crippen LogP contribution in [0.1, 0.15) is 23.6 Å². The van der Waals surface area contributed by atoms with Crippen molar-refractivity contribution in [1.29, 1.82) is 0 Å². The van der Waals surface area contributed by atoms with E-state index in [1.807, 2.05) is 31.3 Å². The molecule has 0 aliphatic heterocycles. The molecule has 0 unspecified atom stereocenters. The fraction of sp³-hybridized carbons (Fsp3) is 0.217. The lowest BCUT2D eigenvalue weighted by atomic mass is 10.1. The highest BCUT2D eigenvalue weighted by atomic mass is 35.5. The average Bonchev–Trinajstić information content (AvgIpc) is 3.14. The van der Waals surface area contributed by atoms with Gasteiger partial charge in [-0.3, -0.25) is 4.79 Å². The predicted molar refractivity (Wildman–Crippen MR) is 116 cm³/mol. The molecule has 0 aliphatic carbocycles. The SMILES string of the molecule is CCOc1ccc(-c2cc3c(=O)n(Cc4cc(C)ccc4C)ccn3n2)cc1Cl. The van der Waals surface area contributed by atoms with Crippen LogP contribution in [0.3, 0.4) is 0 Å². The maximum absolute atomic E-state index is 13.0. The average molecular weight is 408 g/mol. The van der Waals surface area contributed by atoms with E-state index in [1.54, 1.807) is 21.3 Å². The monoisotopic (exact) mass is 407 g/mol. The van der Waals surface area contributed by atoms with Gasteiger partial charge in [-0.2, -0.15) is 5.10 Å². The fourth-order valence-electron chi connectivity index (χ4n) is 3.38. The van der Waals surface area contributed by atoms with Crippen LogP contribution in [0.15, 0.2) is 59.7 Å². The van der Waals surface area contributed by atoms with Crippen molar-refractivity contribution >= 4 is 17.1 Å². The second kappa shape index (κ2) is 7.76. The molecule has 2 aromatic heterocycles. The zero-order valence-corrected chi connectivity index (χ0v) is 17.4. The maximum atomic E-state index is 13.0. The molecule has 0 fully saturated rings. The van der Waals surface area contributed by atoms with Crippen LogP contribution in [0, 0.1) is 13.8 Å². The highest BCUT2D eigenvalue weighted by molar-refractivity contribution is 6.32. The number of hydrogen-bond acceptors (Lipinski definition) is 3. The number of ether oxygens (including phenoxy) is 1. The lowest BCUT2D eigenvalue weighted by Crippen LogP contribution is -2.22. The first-order chi connectivity index (χ1) is 14.0. The van der Waals surface area contributed by atoms with E-state index in [-0.39, 0.29) is 5.56 Å². The molecule has 29 heavy (non-hydrogen) atoms. The molecule has 0 N–H and O–H groups in total. The highest BCUT2D eigenvalue weighted by Gasteiger charge is 2.12. The molecule has 0 bridgehead atoms. The summed E-state index contributed by atoms with van der Waals surface area (Å²) < 4.78 is 8.81. The number of aryl methyl sites for hydroxylation is 2. The summed E-state index contributed by atoms with van der Waals surface area (Å²) in [5.74, 6) is 0.637. The van der Waals surface area contributed by atoms with Gasteiger partial charge in [0, 0.05) is 18.0 Å². The summed E-state index contributed by atoms with van der Waals surface area (Å²) in [5, 5.41) is 5.07. The lowest BCUT2D eigenvalue weighted by Gasteiger charge is -2.10. The van der Waals surface area contributed by atoms with Gasteiger partial charge in [-0.1, -0.05) is 35.4 Å². The van der Waals surface area contributed by atoms with Crippen LogP contribution in [0.2, 0.25) is 5.02 Å². The second-order valence-electron chi connectivity index (χ2n) is 7.10. The molecule has 0 amide bonds. The van der Waals surface area contributed by atoms with Gasteiger partial charge < -0.3 is 9.30 Å². The minimum Gasteiger partial charge on any atom is -0.492 e. The summed E-state index contributed by atoms with van der Waals surface area (Å²) in [5.41, 5.74) is 5.45. The van der Waals surface area contributed by atoms with Crippen LogP contribution >= 0.6 is 11.6 Å². The minimum atomic E-state index is -0.0795. The zero-order chi connectivity index (χ0) is 20.5. The van der Waals surface area contributed by atoms with E-state index in [9.17, 15) is 4.79 Å². The summed E-state index contributed by atoms with van der Waals surface area (Å²) in [6.07, 6.45) is 3.58. The lowest BCUT2D eigenvalue weighted by molar-refractivity contribution is 0.340. The first kappa shape index (κ1) is 19.3. The Bertz CT molecular complexity index is 1260. The molecule has 6 heteroatoms. The normalized spacial score (nSPS) is 11.2. The molecule has 2 heterocycles. The van der Waals surface area contributed by atoms with Crippen molar-refractivity contribution in [3.05, 3.63) is 86.9 Å². The zero-order valence-electron chi connectivity index (χ0n) is 16.6. The van der Waals surface area contributed by atoms with E-state index in [2.05, 4.69) is 37.1 Å². The van der Waals surface area contributed by atoms with Crippen LogP contribution in [-0.2, 0) is 6.54 Å². The first-order valence-corrected chi connectivity index (χ1v) is 9.91. The van der Waals surface area contributed by atoms with Gasteiger partial charge in [0.15, 0.2) is 0 Å². The number of rotatable bonds is 5. The van der Waals surface area contributed by atoms with Crippen molar-refractivity contribution in [3.63, 3.8) is 0 Å². The number of hydrogen-bond donors (Lipinski definition) is 0. The Kier molecular flexibility index (Phi) is 5.16. The van der Waals surface area contributed by atoms with Crippen LogP contribution < -0.4 is 10.3 Å². The third-order valence-corrected chi connectivity index (χ3v) is 5.27. The first-order valence-electron chi connectivity index (χ1n) is 9.54. The predicted octanol–water partition coefficient (Wildman–Crippen LogP) is 4.88. The third kappa shape index (κ3) is 3.78. The molecular formula is C23H22ClN3O2. The Hall–Kier alpha value is -3.05. The van der Waals surface area contributed by atoms with Gasteiger partial charge in [0.1, 0.15) is 11.3 Å². The Labute approximate surface area is 174 Å². The second-order valence-corrected chi connectivity index (χ2v) is 7.51. The standard InChI is InChI=1S/C23H22ClN3O2/c1-4-29-22-8-7-17(12-19(22)24)20-13-21-23(28)26(9-10-27(21)25-20)14-18-11-15(2)5-6-16(18)3/h5-13H,4,14H2,1-3H3. The molecule has 0 atom stereocenters. The van der Waals surface area contributed by atoms with Crippen molar-refractivity contribution in [2.24, 2.45) is 0 Å². The highest BCUT2D eigenvalue weighted by Crippen LogP contribution is 2.30. The molecule has 5 nitrogen and oxygen atoms in total. The minimum absolute atomic E-state index is 0.0795. The summed E-state index contributed by atoms with van der Waals surface area (Å²) in [4.78, 5) is 13.0. The van der Waals surface area contributed by atoms with Crippen LogP contribution in [0.5, 0.6) is 5.75 Å². The largest absolute Gasteiger partial charge is 0.492 e. The number of benzene rings is 2. The Balaban J connectivity index is 1.72. The number of nitrogens with zero attached hydrogens (tertiary/aromatic N) is 3. The molecule has 0 saturated carbocycles. The van der Waals surface area contributed by atoms with Gasteiger partial charge in [0.2, 0.25) is 0 Å². The molecule has 4 rings (SSSR count). The van der Waals surface area contributed by atoms with Crippen LogP contribution in [-0.4, -0.2) is 20.8 Å². The van der Waals surface area contributed by atoms with Crippen LogP contribution in [0.25, 0.3) is 16.8 Å². The maximum Gasteiger partial charge on any atom is 0.276 e. The smallest absolute Gasteiger partial charge is 0.276 e. The number of fused-ring (bicyclic) bond motifs is 1. The van der Waals surface area contributed by atoms with Crippen molar-refractivity contribution in [2.45, 2.75) is 27.3 Å². The molecule has 2 aromatic carbocycles. The fourth-order valence-corrected chi connectivity index (χ4v) is 3.61. The summed E-state index contributed by atoms with van der Waals surface area (Å²) in [6.45, 7) is 7.10. The van der Waals surface area contributed by atoms with E-state index >= 15 is 0 Å². The van der Waals surface area contributed by atoms with E-state index in [0.717, 1.165) is 11.1 Å². The Morgan fingerprint density at radius 2 is 1.90 bits per heavy atom. The van der Waals surface area contributed by atoms with E-state index in [1.165, 1.54) is 11.1 Å².